The number of fused-ring (bicyclic) bond motifs is 7. The number of aromatic nitrogens is 1. The molecule has 0 aliphatic carbocycles. The molecule has 0 amide bonds. The van der Waals surface area contributed by atoms with E-state index in [1.54, 1.807) is 34.9 Å². The van der Waals surface area contributed by atoms with Gasteiger partial charge in [0.1, 0.15) is 11.1 Å². The zero-order valence-corrected chi connectivity index (χ0v) is 31.8. The summed E-state index contributed by atoms with van der Waals surface area (Å²) in [7, 11) is -5.09. The molecular formula is C29H21NNa2O14S2. The summed E-state index contributed by atoms with van der Waals surface area (Å²) in [5.41, 5.74) is -0.00954. The van der Waals surface area contributed by atoms with E-state index in [0.717, 1.165) is 6.07 Å². The van der Waals surface area contributed by atoms with Gasteiger partial charge < -0.3 is 45.2 Å². The van der Waals surface area contributed by atoms with Crippen molar-refractivity contribution in [1.29, 1.82) is 0 Å². The zero-order valence-electron chi connectivity index (χ0n) is 26.2. The summed E-state index contributed by atoms with van der Waals surface area (Å²) in [6, 6.07) is 11.6. The van der Waals surface area contributed by atoms with Crippen LogP contribution in [0.15, 0.2) is 63.9 Å². The van der Waals surface area contributed by atoms with E-state index < -0.39 is 37.9 Å². The van der Waals surface area contributed by atoms with Crippen LogP contribution in [0.2, 0.25) is 0 Å². The molecule has 0 saturated carbocycles. The molecule has 240 valence electrons. The van der Waals surface area contributed by atoms with Crippen LogP contribution in [0, 0.1) is 0 Å². The van der Waals surface area contributed by atoms with Crippen molar-refractivity contribution in [3.63, 3.8) is 0 Å². The molecule has 0 atom stereocenters. The molecule has 0 spiro atoms. The Morgan fingerprint density at radius 2 is 1.19 bits per heavy atom. The monoisotopic (exact) mass is 717 g/mol. The third-order valence-electron chi connectivity index (χ3n) is 7.19. The summed E-state index contributed by atoms with van der Waals surface area (Å²) in [6.45, 7) is 0. The minimum absolute atomic E-state index is 0. The van der Waals surface area contributed by atoms with Crippen LogP contribution in [0.5, 0.6) is 34.5 Å². The number of pyridine rings is 1. The Morgan fingerprint density at radius 1 is 0.646 bits per heavy atom. The second-order valence-electron chi connectivity index (χ2n) is 9.66. The molecular weight excluding hydrogens is 696 g/mol. The summed E-state index contributed by atoms with van der Waals surface area (Å²) in [5, 5.41) is 1.66. The van der Waals surface area contributed by atoms with Crippen molar-refractivity contribution in [2.75, 3.05) is 28.4 Å². The number of nitrogens with zero attached hydrogens (tertiary/aromatic N) is 1. The minimum atomic E-state index is -5.24. The molecule has 3 aromatic carbocycles. The first-order valence-electron chi connectivity index (χ1n) is 12.9. The normalized spacial score (nSPS) is 11.6. The Morgan fingerprint density at radius 3 is 1.77 bits per heavy atom. The van der Waals surface area contributed by atoms with Gasteiger partial charge in [-0.3, -0.25) is 0 Å². The smallest absolute Gasteiger partial charge is 0.716 e. The molecule has 6 rings (SSSR count). The third-order valence-corrected chi connectivity index (χ3v) is 7.95. The van der Waals surface area contributed by atoms with Gasteiger partial charge in [-0.1, -0.05) is 6.07 Å². The van der Waals surface area contributed by atoms with Crippen LogP contribution in [0.1, 0.15) is 0 Å². The number of benzene rings is 3. The largest absolute Gasteiger partial charge is 1.00 e. The predicted molar refractivity (Wildman–Crippen MR) is 161 cm³/mol. The molecule has 3 heterocycles. The van der Waals surface area contributed by atoms with E-state index in [4.69, 9.17) is 27.5 Å². The van der Waals surface area contributed by atoms with Crippen molar-refractivity contribution < 1.29 is 117 Å². The second-order valence-corrected chi connectivity index (χ2v) is 11.6. The maximum Gasteiger partial charge on any atom is 1.00 e. The van der Waals surface area contributed by atoms with E-state index in [1.165, 1.54) is 46.6 Å². The molecule has 3 aromatic heterocycles. The van der Waals surface area contributed by atoms with E-state index in [9.17, 15) is 30.7 Å². The van der Waals surface area contributed by atoms with Crippen LogP contribution in [0.3, 0.4) is 0 Å². The molecule has 0 saturated heterocycles. The summed E-state index contributed by atoms with van der Waals surface area (Å²) in [5.74, 6) is -0.429. The number of hydrogen-bond donors (Lipinski definition) is 0. The van der Waals surface area contributed by atoms with E-state index in [-0.39, 0.29) is 98.0 Å². The number of ether oxygens (including phenoxy) is 4. The Balaban J connectivity index is 0.00000260. The molecule has 0 aliphatic heterocycles. The van der Waals surface area contributed by atoms with Crippen molar-refractivity contribution in [2.24, 2.45) is 0 Å². The average molecular weight is 718 g/mol. The average Bonchev–Trinajstić information content (AvgIpc) is 3.35. The van der Waals surface area contributed by atoms with E-state index in [0.29, 0.717) is 33.4 Å². The number of hydrogen-bond acceptors (Lipinski definition) is 14. The summed E-state index contributed by atoms with van der Waals surface area (Å²) in [6.07, 6.45) is 1.61. The summed E-state index contributed by atoms with van der Waals surface area (Å²) in [4.78, 5) is 13.7. The fraction of sp³-hybridized carbons (Fsp3) is 0.138. The quantitative estimate of drug-likeness (QED) is 0.0671. The third kappa shape index (κ3) is 6.80. The zero-order chi connectivity index (χ0) is 33.1. The standard InChI is InChI=1S/C29H23NO14S2.2Na/c1-38-18-6-5-15(10-23(18)43-45(32,33)34)25-26-17-12-22(41-4)24(44-46(35,36)37)13-19(17)42-29(31)28(26)30-8-7-14-9-20(39-2)21(40-3)11-16(14)27(25)30;;/h5-13H,1-4H3,(H,32,33,34)(H,35,36,37);;/q;2*+1/p-2. The van der Waals surface area contributed by atoms with Crippen molar-refractivity contribution in [3.8, 4) is 45.6 Å². The maximum atomic E-state index is 13.7. The fourth-order valence-electron chi connectivity index (χ4n) is 5.45. The van der Waals surface area contributed by atoms with Gasteiger partial charge in [0.15, 0.2) is 34.5 Å². The predicted octanol–water partition coefficient (Wildman–Crippen LogP) is -2.26. The molecule has 48 heavy (non-hydrogen) atoms. The molecule has 0 fully saturated rings. The van der Waals surface area contributed by atoms with Crippen LogP contribution in [0.25, 0.3) is 49.3 Å². The fourth-order valence-corrected chi connectivity index (χ4v) is 6.15. The Kier molecular flexibility index (Phi) is 10.9. The molecule has 0 bridgehead atoms. The van der Waals surface area contributed by atoms with Gasteiger partial charge >= 0.3 is 64.7 Å². The number of methoxy groups -OCH3 is 4. The molecule has 0 aliphatic rings. The van der Waals surface area contributed by atoms with Crippen LogP contribution < -0.4 is 92.1 Å². The van der Waals surface area contributed by atoms with Gasteiger partial charge in [-0.15, -0.1) is 0 Å². The Bertz CT molecular complexity index is 2510. The van der Waals surface area contributed by atoms with Gasteiger partial charge in [0.2, 0.25) is 0 Å². The topological polar surface area (TPSA) is 204 Å². The van der Waals surface area contributed by atoms with E-state index in [2.05, 4.69) is 4.18 Å². The van der Waals surface area contributed by atoms with Gasteiger partial charge in [0.25, 0.3) is 20.8 Å². The van der Waals surface area contributed by atoms with Gasteiger partial charge in [0.05, 0.1) is 34.0 Å². The minimum Gasteiger partial charge on any atom is -0.716 e. The van der Waals surface area contributed by atoms with Gasteiger partial charge in [-0.05, 0) is 47.3 Å². The van der Waals surface area contributed by atoms with Crippen LogP contribution >= 0.6 is 0 Å². The second kappa shape index (κ2) is 13.9. The van der Waals surface area contributed by atoms with Gasteiger partial charge in [-0.2, -0.15) is 0 Å². The van der Waals surface area contributed by atoms with Gasteiger partial charge in [-0.25, -0.2) is 21.6 Å². The first-order valence-corrected chi connectivity index (χ1v) is 15.6. The van der Waals surface area contributed by atoms with Gasteiger partial charge in [0, 0.05) is 34.0 Å². The van der Waals surface area contributed by atoms with Crippen molar-refractivity contribution in [2.45, 2.75) is 0 Å². The Labute approximate surface area is 316 Å². The van der Waals surface area contributed by atoms with Crippen LogP contribution in [-0.4, -0.2) is 58.8 Å². The first kappa shape index (κ1) is 37.6. The summed E-state index contributed by atoms with van der Waals surface area (Å²) < 4.78 is 107. The molecule has 0 N–H and O–H groups in total. The van der Waals surface area contributed by atoms with Crippen molar-refractivity contribution in [1.82, 2.24) is 4.40 Å². The number of rotatable bonds is 9. The van der Waals surface area contributed by atoms with Crippen LogP contribution in [0.4, 0.5) is 0 Å². The van der Waals surface area contributed by atoms with Crippen molar-refractivity contribution in [3.05, 3.63) is 65.1 Å². The SMILES string of the molecule is COc1cc2ccn3c(c(-c4ccc(OC)c(OS(=O)(=O)[O-])c4)c4c5cc(OC)c(OS(=O)(=O)[O-])cc5oc(=O)c43)c2cc1OC.[Na+].[Na+]. The van der Waals surface area contributed by atoms with Crippen molar-refractivity contribution >= 4 is 59.0 Å². The molecule has 19 heteroatoms. The Hall–Kier alpha value is -3.23. The molecule has 0 radical (unpaired) electrons. The van der Waals surface area contributed by atoms with E-state index in [1.807, 2.05) is 0 Å². The maximum absolute atomic E-state index is 13.7. The molecule has 0 unspecified atom stereocenters. The molecule has 15 nitrogen and oxygen atoms in total. The molecule has 6 aromatic rings. The van der Waals surface area contributed by atoms with E-state index >= 15 is 0 Å². The van der Waals surface area contributed by atoms with Crippen LogP contribution in [-0.2, 0) is 20.8 Å². The summed E-state index contributed by atoms with van der Waals surface area (Å²) >= 11 is 0. The first-order chi connectivity index (χ1) is 21.8.